The summed E-state index contributed by atoms with van der Waals surface area (Å²) < 4.78 is 34.2. The fraction of sp³-hybridized carbons (Fsp3) is 0.400. The number of nitrogens with two attached hydrogens (primary N) is 1. The molecule has 0 aliphatic heterocycles. The van der Waals surface area contributed by atoms with E-state index >= 15 is 0 Å². The fourth-order valence-corrected chi connectivity index (χ4v) is 4.14. The highest BCUT2D eigenvalue weighted by Gasteiger charge is 2.13. The number of nitrogen functional groups attached to an aromatic ring is 1. The molecule has 2 N–H and O–H groups in total. The number of nitrogens with zero attached hydrogens (tertiary/aromatic N) is 1. The quantitative estimate of drug-likeness (QED) is 0.489. The molecule has 0 bridgehead atoms. The molecule has 1 aromatic carbocycles. The van der Waals surface area contributed by atoms with E-state index in [1.807, 2.05) is 20.8 Å². The van der Waals surface area contributed by atoms with Gasteiger partial charge in [-0.25, -0.2) is 14.3 Å². The van der Waals surface area contributed by atoms with Crippen molar-refractivity contribution in [3.63, 3.8) is 0 Å². The number of thiazole rings is 1. The minimum absolute atomic E-state index is 0.0851. The molecular formula is C15H22N2O3S2. The van der Waals surface area contributed by atoms with Gasteiger partial charge >= 0.3 is 0 Å². The Labute approximate surface area is 136 Å². The lowest BCUT2D eigenvalue weighted by Crippen LogP contribution is -2.47. The van der Waals surface area contributed by atoms with E-state index in [9.17, 15) is 13.0 Å². The normalized spacial score (nSPS) is 11.0. The summed E-state index contributed by atoms with van der Waals surface area (Å²) in [5.74, 6) is 5.63. The van der Waals surface area contributed by atoms with Gasteiger partial charge in [0.05, 0.1) is 9.77 Å². The Morgan fingerprint density at radius 1 is 1.05 bits per heavy atom. The van der Waals surface area contributed by atoms with Gasteiger partial charge in [-0.05, 0) is 38.8 Å². The molecule has 0 radical (unpaired) electrons. The third kappa shape index (κ3) is 4.28. The lowest BCUT2D eigenvalue weighted by Gasteiger charge is -2.14. The van der Waals surface area contributed by atoms with Crippen LogP contribution in [0.5, 0.6) is 0 Å². The number of hydrogen-bond acceptors (Lipinski definition) is 5. The van der Waals surface area contributed by atoms with Gasteiger partial charge in [-0.2, -0.15) is 0 Å². The first-order chi connectivity index (χ1) is 9.95. The molecule has 0 unspecified atom stereocenters. The van der Waals surface area contributed by atoms with Crippen molar-refractivity contribution < 1.29 is 17.6 Å². The first-order valence-corrected chi connectivity index (χ1v) is 8.95. The average Bonchev–Trinajstić information content (AvgIpc) is 2.54. The van der Waals surface area contributed by atoms with Crippen molar-refractivity contribution in [2.24, 2.45) is 0 Å². The highest BCUT2D eigenvalue weighted by Crippen LogP contribution is 2.20. The van der Waals surface area contributed by atoms with Gasteiger partial charge in [0.1, 0.15) is 10.1 Å². The Bertz CT molecular complexity index is 748. The summed E-state index contributed by atoms with van der Waals surface area (Å²) in [6.07, 6.45) is 0. The molecule has 0 aliphatic rings. The van der Waals surface area contributed by atoms with Crippen LogP contribution in [-0.2, 0) is 10.1 Å². The average molecular weight is 342 g/mol. The summed E-state index contributed by atoms with van der Waals surface area (Å²) >= 11 is 1.73. The highest BCUT2D eigenvalue weighted by atomic mass is 32.2. The summed E-state index contributed by atoms with van der Waals surface area (Å²) in [7, 11) is -4.33. The zero-order chi connectivity index (χ0) is 17.2. The second-order valence-corrected chi connectivity index (χ2v) is 8.04. The van der Waals surface area contributed by atoms with Crippen molar-refractivity contribution in [2.75, 3.05) is 5.84 Å². The van der Waals surface area contributed by atoms with E-state index < -0.39 is 10.1 Å². The predicted octanol–water partition coefficient (Wildman–Crippen LogP) is 2.19. The van der Waals surface area contributed by atoms with E-state index in [1.165, 1.54) is 4.88 Å². The Kier molecular flexibility index (Phi) is 5.72. The van der Waals surface area contributed by atoms with Crippen molar-refractivity contribution in [3.8, 4) is 0 Å². The summed E-state index contributed by atoms with van der Waals surface area (Å²) in [6.45, 7) is 11.2. The van der Waals surface area contributed by atoms with Crippen molar-refractivity contribution in [1.82, 2.24) is 0 Å². The molecule has 2 aromatic rings. The van der Waals surface area contributed by atoms with Crippen LogP contribution in [0.25, 0.3) is 0 Å². The Balaban J connectivity index is 0.000000235. The molecule has 0 saturated carbocycles. The summed E-state index contributed by atoms with van der Waals surface area (Å²) in [6, 6.07) is 3.38. The topological polar surface area (TPSA) is 87.1 Å². The number of rotatable bonds is 1. The molecule has 1 heterocycles. The fourth-order valence-electron chi connectivity index (χ4n) is 2.31. The van der Waals surface area contributed by atoms with Crippen molar-refractivity contribution in [2.45, 2.75) is 46.4 Å². The first-order valence-electron chi connectivity index (χ1n) is 6.72. The predicted molar refractivity (Wildman–Crippen MR) is 87.5 cm³/mol. The van der Waals surface area contributed by atoms with Gasteiger partial charge in [0.25, 0.3) is 5.01 Å². The van der Waals surface area contributed by atoms with Crippen molar-refractivity contribution in [3.05, 3.63) is 44.4 Å². The van der Waals surface area contributed by atoms with E-state index in [2.05, 4.69) is 6.92 Å². The Morgan fingerprint density at radius 3 is 1.73 bits per heavy atom. The van der Waals surface area contributed by atoms with Gasteiger partial charge in [-0.3, -0.25) is 0 Å². The van der Waals surface area contributed by atoms with Gasteiger partial charge in [0.15, 0.2) is 0 Å². The van der Waals surface area contributed by atoms with Gasteiger partial charge < -0.3 is 4.55 Å². The van der Waals surface area contributed by atoms with Crippen LogP contribution in [0.4, 0.5) is 0 Å². The molecule has 7 heteroatoms. The van der Waals surface area contributed by atoms with Gasteiger partial charge in [-0.1, -0.05) is 33.7 Å². The monoisotopic (exact) mass is 342 g/mol. The second kappa shape index (κ2) is 6.76. The van der Waals surface area contributed by atoms with Crippen LogP contribution in [0.3, 0.4) is 0 Å². The van der Waals surface area contributed by atoms with Crippen LogP contribution < -0.4 is 10.5 Å². The van der Waals surface area contributed by atoms with Crippen molar-refractivity contribution in [1.29, 1.82) is 0 Å². The molecule has 0 aliphatic carbocycles. The van der Waals surface area contributed by atoms with E-state index in [0.717, 1.165) is 16.3 Å². The van der Waals surface area contributed by atoms with E-state index in [1.54, 1.807) is 42.0 Å². The molecule has 122 valence electrons. The van der Waals surface area contributed by atoms with Crippen LogP contribution in [0.1, 0.15) is 32.3 Å². The van der Waals surface area contributed by atoms with E-state index in [-0.39, 0.29) is 4.90 Å². The molecule has 0 fully saturated rings. The SMILES string of the molecule is Cc1cc(C)c(S(=O)(=O)[O-])c(C)c1.Cc1sc(C)[n+](N)c1C. The zero-order valence-corrected chi connectivity index (χ0v) is 15.4. The maximum Gasteiger partial charge on any atom is 0.263 e. The summed E-state index contributed by atoms with van der Waals surface area (Å²) in [4.78, 5) is 1.22. The van der Waals surface area contributed by atoms with Gasteiger partial charge in [-0.15, -0.1) is 0 Å². The largest absolute Gasteiger partial charge is 0.744 e. The van der Waals surface area contributed by atoms with Crippen LogP contribution >= 0.6 is 11.3 Å². The molecule has 2 rings (SSSR count). The third-order valence-corrected chi connectivity index (χ3v) is 5.60. The minimum Gasteiger partial charge on any atom is -0.744 e. The standard InChI is InChI=1S/C9H12O3S.C6H11N2S/c1-6-4-7(2)9(8(3)5-6)13(10,11)12;1-4-5(2)9-6(3)8(4)7/h4-5H,1-3H3,(H,10,11,12);7H2,1-3H3/q;+1/p-1. The zero-order valence-electron chi connectivity index (χ0n) is 13.7. The summed E-state index contributed by atoms with van der Waals surface area (Å²) in [5, 5.41) is 1.16. The van der Waals surface area contributed by atoms with Gasteiger partial charge in [0.2, 0.25) is 5.69 Å². The number of benzene rings is 1. The van der Waals surface area contributed by atoms with Crippen LogP contribution in [-0.4, -0.2) is 13.0 Å². The van der Waals surface area contributed by atoms with E-state index in [4.69, 9.17) is 5.84 Å². The molecule has 0 atom stereocenters. The molecule has 22 heavy (non-hydrogen) atoms. The maximum atomic E-state index is 10.8. The number of aryl methyl sites for hydroxylation is 5. The number of aromatic nitrogens is 1. The van der Waals surface area contributed by atoms with Crippen LogP contribution in [0, 0.1) is 41.5 Å². The van der Waals surface area contributed by atoms with E-state index in [0.29, 0.717) is 11.1 Å². The lowest BCUT2D eigenvalue weighted by atomic mass is 10.1. The van der Waals surface area contributed by atoms with Gasteiger partial charge in [0, 0.05) is 13.8 Å². The molecule has 0 spiro atoms. The Hall–Kier alpha value is -1.44. The first kappa shape index (κ1) is 18.6. The number of hydrogen-bond donors (Lipinski definition) is 1. The lowest BCUT2D eigenvalue weighted by molar-refractivity contribution is -0.646. The second-order valence-electron chi connectivity index (χ2n) is 5.31. The third-order valence-electron chi connectivity index (χ3n) is 3.37. The van der Waals surface area contributed by atoms with Crippen LogP contribution in [0.2, 0.25) is 0 Å². The Morgan fingerprint density at radius 2 is 1.50 bits per heavy atom. The smallest absolute Gasteiger partial charge is 0.263 e. The molecular weight excluding hydrogens is 320 g/mol. The minimum atomic E-state index is -4.33. The molecule has 0 amide bonds. The molecule has 0 saturated heterocycles. The highest BCUT2D eigenvalue weighted by molar-refractivity contribution is 7.85. The molecule has 1 aromatic heterocycles. The van der Waals surface area contributed by atoms with Crippen molar-refractivity contribution >= 4 is 21.5 Å². The maximum absolute atomic E-state index is 10.8. The summed E-state index contributed by atoms with van der Waals surface area (Å²) in [5.41, 5.74) is 3.17. The van der Waals surface area contributed by atoms with Crippen LogP contribution in [0.15, 0.2) is 17.0 Å². The molecule has 5 nitrogen and oxygen atoms in total.